The first-order valence-corrected chi connectivity index (χ1v) is 6.96. The van der Waals surface area contributed by atoms with Crippen LogP contribution in [0.1, 0.15) is 55.5 Å². The van der Waals surface area contributed by atoms with Gasteiger partial charge >= 0.3 is 0 Å². The second-order valence-electron chi connectivity index (χ2n) is 4.57. The summed E-state index contributed by atoms with van der Waals surface area (Å²) < 4.78 is 2.16. The zero-order valence-electron chi connectivity index (χ0n) is 9.15. The molecule has 3 rings (SSSR count). The van der Waals surface area contributed by atoms with Gasteiger partial charge in [0, 0.05) is 6.42 Å². The molecule has 0 radical (unpaired) electrons. The molecule has 3 heterocycles. The fraction of sp³-hybridized carbons (Fsp3) is 0.818. The summed E-state index contributed by atoms with van der Waals surface area (Å²) in [5.41, 5.74) is 0. The van der Waals surface area contributed by atoms with Gasteiger partial charge in [-0.1, -0.05) is 0 Å². The summed E-state index contributed by atoms with van der Waals surface area (Å²) in [4.78, 5) is 4.71. The Morgan fingerprint density at radius 3 is 3.00 bits per heavy atom. The van der Waals surface area contributed by atoms with E-state index in [1.165, 1.54) is 37.3 Å². The smallest absolute Gasteiger partial charge is 0.163 e. The molecule has 2 unspecified atom stereocenters. The Morgan fingerprint density at radius 2 is 2.27 bits per heavy atom. The van der Waals surface area contributed by atoms with Crippen molar-refractivity contribution in [3.8, 4) is 0 Å². The van der Waals surface area contributed by atoms with Crippen LogP contribution in [-0.4, -0.2) is 20.5 Å². The fourth-order valence-corrected chi connectivity index (χ4v) is 3.69. The fourth-order valence-electron chi connectivity index (χ4n) is 2.49. The molecule has 2 atom stereocenters. The second-order valence-corrected chi connectivity index (χ2v) is 5.88. The molecule has 1 aromatic rings. The largest absolute Gasteiger partial charge is 0.247 e. The van der Waals surface area contributed by atoms with Crippen LogP contribution in [0.25, 0.3) is 0 Å². The van der Waals surface area contributed by atoms with E-state index in [2.05, 4.69) is 11.6 Å². The highest BCUT2D eigenvalue weighted by Crippen LogP contribution is 2.39. The van der Waals surface area contributed by atoms with Crippen molar-refractivity contribution in [3.63, 3.8) is 0 Å². The van der Waals surface area contributed by atoms with Crippen molar-refractivity contribution in [3.05, 3.63) is 11.6 Å². The van der Waals surface area contributed by atoms with E-state index < -0.39 is 0 Å². The summed E-state index contributed by atoms with van der Waals surface area (Å²) in [5.74, 6) is 3.60. The third-order valence-corrected chi connectivity index (χ3v) is 4.75. The van der Waals surface area contributed by atoms with Gasteiger partial charge in [0.25, 0.3) is 0 Å². The molecule has 0 N–H and O–H groups in total. The maximum Gasteiger partial charge on any atom is 0.163 e. The molecule has 0 amide bonds. The molecule has 0 aromatic carbocycles. The minimum Gasteiger partial charge on any atom is -0.247 e. The van der Waals surface area contributed by atoms with Crippen LogP contribution in [0.15, 0.2) is 0 Å². The van der Waals surface area contributed by atoms with E-state index in [0.717, 1.165) is 12.2 Å². The van der Waals surface area contributed by atoms with Gasteiger partial charge in [-0.25, -0.2) is 9.67 Å². The van der Waals surface area contributed by atoms with E-state index in [1.54, 1.807) is 0 Å². The molecule has 2 aliphatic heterocycles. The molecule has 0 bridgehead atoms. The van der Waals surface area contributed by atoms with Crippen LogP contribution in [0.4, 0.5) is 0 Å². The van der Waals surface area contributed by atoms with Gasteiger partial charge in [-0.05, 0) is 38.4 Å². The first-order valence-electron chi connectivity index (χ1n) is 5.91. The maximum atomic E-state index is 4.71. The van der Waals surface area contributed by atoms with Gasteiger partial charge in [0.1, 0.15) is 5.82 Å². The van der Waals surface area contributed by atoms with Gasteiger partial charge in [-0.2, -0.15) is 16.9 Å². The van der Waals surface area contributed by atoms with Crippen molar-refractivity contribution in [1.82, 2.24) is 14.8 Å². The average Bonchev–Trinajstić information content (AvgIpc) is 2.86. The quantitative estimate of drug-likeness (QED) is 0.733. The first-order chi connectivity index (χ1) is 7.34. The SMILES string of the molecule is CC1CCCc2nc(C3CCCS3)nn21. The molecule has 3 nitrogen and oxygen atoms in total. The maximum absolute atomic E-state index is 4.71. The zero-order chi connectivity index (χ0) is 10.3. The third kappa shape index (κ3) is 1.69. The minimum absolute atomic E-state index is 0.557. The molecule has 0 spiro atoms. The van der Waals surface area contributed by atoms with Crippen LogP contribution < -0.4 is 0 Å². The van der Waals surface area contributed by atoms with Crippen LogP contribution in [0, 0.1) is 0 Å². The Hall–Kier alpha value is -0.510. The number of nitrogens with zero attached hydrogens (tertiary/aromatic N) is 3. The lowest BCUT2D eigenvalue weighted by Gasteiger charge is -2.18. The number of aryl methyl sites for hydroxylation is 1. The Labute approximate surface area is 94.7 Å². The van der Waals surface area contributed by atoms with E-state index in [0.29, 0.717) is 11.3 Å². The van der Waals surface area contributed by atoms with Gasteiger partial charge in [-0.15, -0.1) is 0 Å². The topological polar surface area (TPSA) is 30.7 Å². The van der Waals surface area contributed by atoms with Crippen molar-refractivity contribution >= 4 is 11.8 Å². The summed E-state index contributed by atoms with van der Waals surface area (Å²) >= 11 is 2.02. The Bertz CT molecular complexity index is 355. The highest BCUT2D eigenvalue weighted by molar-refractivity contribution is 7.99. The Kier molecular flexibility index (Phi) is 2.47. The number of thioether (sulfide) groups is 1. The van der Waals surface area contributed by atoms with Crippen molar-refractivity contribution < 1.29 is 0 Å². The van der Waals surface area contributed by atoms with Crippen LogP contribution in [0.3, 0.4) is 0 Å². The van der Waals surface area contributed by atoms with Gasteiger partial charge < -0.3 is 0 Å². The van der Waals surface area contributed by atoms with E-state index in [4.69, 9.17) is 10.1 Å². The highest BCUT2D eigenvalue weighted by Gasteiger charge is 2.26. The summed E-state index contributed by atoms with van der Waals surface area (Å²) in [5, 5.41) is 5.28. The first kappa shape index (κ1) is 9.70. The number of aromatic nitrogens is 3. The van der Waals surface area contributed by atoms with Gasteiger partial charge in [0.15, 0.2) is 5.82 Å². The van der Waals surface area contributed by atoms with Gasteiger partial charge in [-0.3, -0.25) is 0 Å². The summed E-state index contributed by atoms with van der Waals surface area (Å²) in [6.45, 7) is 2.25. The molecule has 1 fully saturated rings. The molecule has 0 aliphatic carbocycles. The van der Waals surface area contributed by atoms with Gasteiger partial charge in [0.05, 0.1) is 11.3 Å². The molecule has 1 saturated heterocycles. The predicted molar refractivity (Wildman–Crippen MR) is 62.1 cm³/mol. The lowest BCUT2D eigenvalue weighted by Crippen LogP contribution is -2.16. The average molecular weight is 223 g/mol. The summed E-state index contributed by atoms with van der Waals surface area (Å²) in [6.07, 6.45) is 6.25. The number of hydrogen-bond acceptors (Lipinski definition) is 3. The lowest BCUT2D eigenvalue weighted by atomic mass is 10.1. The Balaban J connectivity index is 1.90. The molecular weight excluding hydrogens is 206 g/mol. The van der Waals surface area contributed by atoms with Gasteiger partial charge in [0.2, 0.25) is 0 Å². The lowest BCUT2D eigenvalue weighted by molar-refractivity contribution is 0.387. The van der Waals surface area contributed by atoms with Crippen LogP contribution >= 0.6 is 11.8 Å². The molecule has 15 heavy (non-hydrogen) atoms. The molecule has 0 saturated carbocycles. The monoisotopic (exact) mass is 223 g/mol. The highest BCUT2D eigenvalue weighted by atomic mass is 32.2. The Morgan fingerprint density at radius 1 is 1.33 bits per heavy atom. The van der Waals surface area contributed by atoms with Crippen molar-refractivity contribution in [2.45, 2.75) is 50.3 Å². The number of rotatable bonds is 1. The minimum atomic E-state index is 0.557. The number of hydrogen-bond donors (Lipinski definition) is 0. The standard InChI is InChI=1S/C11H17N3S/c1-8-4-2-6-10-12-11(13-14(8)10)9-5-3-7-15-9/h8-9H,2-7H2,1H3. The van der Waals surface area contributed by atoms with Crippen LogP contribution in [0.2, 0.25) is 0 Å². The number of fused-ring (bicyclic) bond motifs is 1. The van der Waals surface area contributed by atoms with E-state index >= 15 is 0 Å². The predicted octanol–water partition coefficient (Wildman–Crippen LogP) is 2.74. The van der Waals surface area contributed by atoms with Crippen molar-refractivity contribution in [2.24, 2.45) is 0 Å². The van der Waals surface area contributed by atoms with Crippen molar-refractivity contribution in [2.75, 3.05) is 5.75 Å². The third-order valence-electron chi connectivity index (χ3n) is 3.38. The van der Waals surface area contributed by atoms with Crippen LogP contribution in [0.5, 0.6) is 0 Å². The van der Waals surface area contributed by atoms with E-state index in [9.17, 15) is 0 Å². The van der Waals surface area contributed by atoms with Crippen molar-refractivity contribution in [1.29, 1.82) is 0 Å². The molecular formula is C11H17N3S. The summed E-state index contributed by atoms with van der Waals surface area (Å²) in [7, 11) is 0. The van der Waals surface area contributed by atoms with Crippen LogP contribution in [-0.2, 0) is 6.42 Å². The molecule has 2 aliphatic rings. The normalized spacial score (nSPS) is 30.5. The van der Waals surface area contributed by atoms with E-state index in [1.807, 2.05) is 11.8 Å². The summed E-state index contributed by atoms with van der Waals surface area (Å²) in [6, 6.07) is 0.557. The molecule has 1 aromatic heterocycles. The zero-order valence-corrected chi connectivity index (χ0v) is 9.96. The second kappa shape index (κ2) is 3.81. The molecule has 4 heteroatoms. The van der Waals surface area contributed by atoms with E-state index in [-0.39, 0.29) is 0 Å². The molecule has 82 valence electrons.